The molecule has 0 bridgehead atoms. The highest BCUT2D eigenvalue weighted by molar-refractivity contribution is 9.10. The van der Waals surface area contributed by atoms with E-state index in [0.29, 0.717) is 23.3 Å². The molecular formula is C15H17BrFN3O. The smallest absolute Gasteiger partial charge is 0.231 e. The summed E-state index contributed by atoms with van der Waals surface area (Å²) in [6, 6.07) is 4.85. The van der Waals surface area contributed by atoms with Crippen LogP contribution in [0.15, 0.2) is 27.2 Å². The topological polar surface area (TPSA) is 51.0 Å². The molecule has 0 saturated heterocycles. The fraction of sp³-hybridized carbons (Fsp3) is 0.467. The van der Waals surface area contributed by atoms with Crippen molar-refractivity contribution in [3.8, 4) is 11.4 Å². The lowest BCUT2D eigenvalue weighted by atomic mass is 10.0. The van der Waals surface area contributed by atoms with Gasteiger partial charge in [0.15, 0.2) is 0 Å². The molecule has 1 heterocycles. The maximum absolute atomic E-state index is 13.4. The van der Waals surface area contributed by atoms with Crippen LogP contribution in [0.4, 0.5) is 4.39 Å². The fourth-order valence-corrected chi connectivity index (χ4v) is 3.35. The van der Waals surface area contributed by atoms with Gasteiger partial charge in [0.2, 0.25) is 11.7 Å². The van der Waals surface area contributed by atoms with Gasteiger partial charge >= 0.3 is 0 Å². The first-order valence-electron chi connectivity index (χ1n) is 7.21. The number of rotatable bonds is 4. The molecule has 2 atom stereocenters. The van der Waals surface area contributed by atoms with Gasteiger partial charge in [-0.15, -0.1) is 0 Å². The third kappa shape index (κ3) is 3.01. The molecule has 2 aromatic rings. The molecule has 0 aliphatic heterocycles. The van der Waals surface area contributed by atoms with Gasteiger partial charge in [0.25, 0.3) is 0 Å². The van der Waals surface area contributed by atoms with Crippen LogP contribution in [0.25, 0.3) is 11.4 Å². The number of hydrogen-bond acceptors (Lipinski definition) is 4. The van der Waals surface area contributed by atoms with Crippen LogP contribution in [-0.2, 0) is 0 Å². The Balaban J connectivity index is 1.88. The normalized spacial score (nSPS) is 21.9. The van der Waals surface area contributed by atoms with E-state index in [2.05, 4.69) is 38.3 Å². The summed E-state index contributed by atoms with van der Waals surface area (Å²) in [4.78, 5) is 4.48. The van der Waals surface area contributed by atoms with Gasteiger partial charge in [-0.3, -0.25) is 0 Å². The Bertz CT molecular complexity index is 631. The third-order valence-corrected chi connectivity index (χ3v) is 4.60. The van der Waals surface area contributed by atoms with Gasteiger partial charge in [0.05, 0.1) is 5.92 Å². The molecule has 1 saturated carbocycles. The lowest BCUT2D eigenvalue weighted by molar-refractivity contribution is 0.332. The van der Waals surface area contributed by atoms with E-state index in [9.17, 15) is 4.39 Å². The van der Waals surface area contributed by atoms with Gasteiger partial charge < -0.3 is 9.84 Å². The van der Waals surface area contributed by atoms with E-state index in [0.717, 1.165) is 30.3 Å². The number of aromatic nitrogens is 2. The van der Waals surface area contributed by atoms with Gasteiger partial charge in [-0.1, -0.05) is 34.4 Å². The Hall–Kier alpha value is -1.27. The highest BCUT2D eigenvalue weighted by Gasteiger charge is 2.32. The zero-order valence-electron chi connectivity index (χ0n) is 11.8. The Morgan fingerprint density at radius 3 is 3.10 bits per heavy atom. The largest absolute Gasteiger partial charge is 0.339 e. The SMILES string of the molecule is CCNC1CCCC1c1nc(-c2cc(F)ccc2Br)no1. The molecule has 3 rings (SSSR count). The van der Waals surface area contributed by atoms with Crippen LogP contribution in [0.1, 0.15) is 38.0 Å². The van der Waals surface area contributed by atoms with Crippen molar-refractivity contribution < 1.29 is 8.91 Å². The molecule has 21 heavy (non-hydrogen) atoms. The number of benzene rings is 1. The van der Waals surface area contributed by atoms with Crippen molar-refractivity contribution in [2.24, 2.45) is 0 Å². The van der Waals surface area contributed by atoms with Crippen LogP contribution < -0.4 is 5.32 Å². The van der Waals surface area contributed by atoms with Gasteiger partial charge in [-0.05, 0) is 37.6 Å². The first-order chi connectivity index (χ1) is 10.2. The quantitative estimate of drug-likeness (QED) is 0.905. The van der Waals surface area contributed by atoms with E-state index in [1.54, 1.807) is 6.07 Å². The van der Waals surface area contributed by atoms with E-state index >= 15 is 0 Å². The summed E-state index contributed by atoms with van der Waals surface area (Å²) in [6.07, 6.45) is 3.33. The Morgan fingerprint density at radius 2 is 2.29 bits per heavy atom. The molecule has 1 fully saturated rings. The summed E-state index contributed by atoms with van der Waals surface area (Å²) in [5.41, 5.74) is 0.614. The lowest BCUT2D eigenvalue weighted by Gasteiger charge is -2.16. The molecule has 0 amide bonds. The summed E-state index contributed by atoms with van der Waals surface area (Å²) < 4.78 is 19.6. The van der Waals surface area contributed by atoms with Crippen molar-refractivity contribution in [1.82, 2.24) is 15.5 Å². The zero-order valence-corrected chi connectivity index (χ0v) is 13.4. The van der Waals surface area contributed by atoms with Crippen LogP contribution in [0, 0.1) is 5.82 Å². The lowest BCUT2D eigenvalue weighted by Crippen LogP contribution is -2.31. The minimum atomic E-state index is -0.314. The van der Waals surface area contributed by atoms with E-state index < -0.39 is 0 Å². The number of nitrogens with zero attached hydrogens (tertiary/aromatic N) is 2. The van der Waals surface area contributed by atoms with E-state index in [-0.39, 0.29) is 11.7 Å². The van der Waals surface area contributed by atoms with Gasteiger partial charge in [0.1, 0.15) is 5.82 Å². The molecule has 1 aromatic heterocycles. The molecular weight excluding hydrogens is 337 g/mol. The summed E-state index contributed by atoms with van der Waals surface area (Å²) >= 11 is 3.40. The van der Waals surface area contributed by atoms with Crippen molar-refractivity contribution in [3.63, 3.8) is 0 Å². The van der Waals surface area contributed by atoms with Gasteiger partial charge in [0, 0.05) is 16.1 Å². The maximum atomic E-state index is 13.4. The van der Waals surface area contributed by atoms with Gasteiger partial charge in [-0.25, -0.2) is 4.39 Å². The minimum absolute atomic E-state index is 0.249. The standard InChI is InChI=1S/C15H17BrFN3O/c1-2-18-13-5-3-4-10(13)15-19-14(20-21-15)11-8-9(17)6-7-12(11)16/h6-8,10,13,18H,2-5H2,1H3. The number of likely N-dealkylation sites (N-methyl/N-ethyl adjacent to an activating group) is 1. The Morgan fingerprint density at radius 1 is 1.43 bits per heavy atom. The van der Waals surface area contributed by atoms with E-state index in [1.807, 2.05) is 0 Å². The van der Waals surface area contributed by atoms with Crippen molar-refractivity contribution in [2.75, 3.05) is 6.54 Å². The average Bonchev–Trinajstić information content (AvgIpc) is 3.10. The van der Waals surface area contributed by atoms with Crippen LogP contribution in [0.2, 0.25) is 0 Å². The summed E-state index contributed by atoms with van der Waals surface area (Å²) in [5.74, 6) is 1.01. The van der Waals surface area contributed by atoms with E-state index in [1.165, 1.54) is 12.1 Å². The van der Waals surface area contributed by atoms with Crippen molar-refractivity contribution >= 4 is 15.9 Å². The number of hydrogen-bond donors (Lipinski definition) is 1. The molecule has 1 aromatic carbocycles. The van der Waals surface area contributed by atoms with Crippen molar-refractivity contribution in [2.45, 2.75) is 38.1 Å². The first-order valence-corrected chi connectivity index (χ1v) is 8.00. The second-order valence-corrected chi connectivity index (χ2v) is 6.14. The fourth-order valence-electron chi connectivity index (χ4n) is 2.93. The second kappa shape index (κ2) is 6.23. The van der Waals surface area contributed by atoms with Crippen LogP contribution in [0.5, 0.6) is 0 Å². The predicted molar refractivity (Wildman–Crippen MR) is 81.4 cm³/mol. The summed E-state index contributed by atoms with van der Waals surface area (Å²) in [7, 11) is 0. The number of nitrogens with one attached hydrogen (secondary N) is 1. The molecule has 1 aliphatic rings. The highest BCUT2D eigenvalue weighted by atomic mass is 79.9. The second-order valence-electron chi connectivity index (χ2n) is 5.28. The summed E-state index contributed by atoms with van der Waals surface area (Å²) in [6.45, 7) is 3.02. The molecule has 0 radical (unpaired) electrons. The minimum Gasteiger partial charge on any atom is -0.339 e. The average molecular weight is 354 g/mol. The van der Waals surface area contributed by atoms with Crippen LogP contribution in [-0.4, -0.2) is 22.7 Å². The molecule has 1 aliphatic carbocycles. The molecule has 0 spiro atoms. The van der Waals surface area contributed by atoms with Crippen LogP contribution >= 0.6 is 15.9 Å². The summed E-state index contributed by atoms with van der Waals surface area (Å²) in [5, 5.41) is 7.48. The molecule has 4 nitrogen and oxygen atoms in total. The maximum Gasteiger partial charge on any atom is 0.231 e. The molecule has 6 heteroatoms. The predicted octanol–water partition coefficient (Wildman–Crippen LogP) is 3.88. The molecule has 1 N–H and O–H groups in total. The number of halogens is 2. The Labute approximate surface area is 131 Å². The highest BCUT2D eigenvalue weighted by Crippen LogP contribution is 2.35. The van der Waals surface area contributed by atoms with Crippen LogP contribution in [0.3, 0.4) is 0 Å². The molecule has 112 valence electrons. The van der Waals surface area contributed by atoms with Crippen molar-refractivity contribution in [1.29, 1.82) is 0 Å². The third-order valence-electron chi connectivity index (χ3n) is 3.91. The molecule has 2 unspecified atom stereocenters. The van der Waals surface area contributed by atoms with E-state index in [4.69, 9.17) is 4.52 Å². The first kappa shape index (κ1) is 14.7. The monoisotopic (exact) mass is 353 g/mol. The Kier molecular flexibility index (Phi) is 4.35. The van der Waals surface area contributed by atoms with Gasteiger partial charge in [-0.2, -0.15) is 4.98 Å². The van der Waals surface area contributed by atoms with Crippen molar-refractivity contribution in [3.05, 3.63) is 34.4 Å². The zero-order chi connectivity index (χ0) is 14.8.